The zero-order chi connectivity index (χ0) is 14.8. The number of hydrogen-bond acceptors (Lipinski definition) is 2. The van der Waals surface area contributed by atoms with Crippen LogP contribution in [-0.2, 0) is 0 Å². The SMILES string of the molecule is CCC1CNC(CC)(CC)CN1c1cc(C)cc(C)c1. The Morgan fingerprint density at radius 1 is 1.10 bits per heavy atom. The average molecular weight is 274 g/mol. The molecule has 1 saturated heterocycles. The van der Waals surface area contributed by atoms with Crippen LogP contribution in [-0.4, -0.2) is 24.7 Å². The van der Waals surface area contributed by atoms with Crippen LogP contribution in [0.3, 0.4) is 0 Å². The maximum Gasteiger partial charge on any atom is 0.0412 e. The van der Waals surface area contributed by atoms with Crippen molar-refractivity contribution in [3.8, 4) is 0 Å². The predicted octanol–water partition coefficient (Wildman–Crippen LogP) is 4.05. The van der Waals surface area contributed by atoms with Crippen molar-refractivity contribution in [2.75, 3.05) is 18.0 Å². The fourth-order valence-corrected chi connectivity index (χ4v) is 3.46. The first kappa shape index (κ1) is 15.4. The molecular weight excluding hydrogens is 244 g/mol. The lowest BCUT2D eigenvalue weighted by Gasteiger charge is -2.48. The third-order valence-electron chi connectivity index (χ3n) is 4.99. The molecule has 0 radical (unpaired) electrons. The molecule has 1 unspecified atom stereocenters. The quantitative estimate of drug-likeness (QED) is 0.891. The van der Waals surface area contributed by atoms with Crippen LogP contribution in [0.15, 0.2) is 18.2 Å². The summed E-state index contributed by atoms with van der Waals surface area (Å²) >= 11 is 0. The van der Waals surface area contributed by atoms with E-state index in [0.717, 1.165) is 13.1 Å². The van der Waals surface area contributed by atoms with Crippen LogP contribution >= 0.6 is 0 Å². The fourth-order valence-electron chi connectivity index (χ4n) is 3.46. The zero-order valence-electron chi connectivity index (χ0n) is 13.8. The summed E-state index contributed by atoms with van der Waals surface area (Å²) < 4.78 is 0. The Morgan fingerprint density at radius 3 is 2.20 bits per heavy atom. The van der Waals surface area contributed by atoms with Gasteiger partial charge in [0.2, 0.25) is 0 Å². The standard InChI is InChI=1S/C18H30N2/c1-6-16-12-19-18(7-2,8-3)13-20(16)17-10-14(4)9-15(5)11-17/h9-11,16,19H,6-8,12-13H2,1-5H3. The van der Waals surface area contributed by atoms with E-state index in [-0.39, 0.29) is 5.54 Å². The van der Waals surface area contributed by atoms with Crippen molar-refractivity contribution < 1.29 is 0 Å². The highest BCUT2D eigenvalue weighted by Crippen LogP contribution is 2.29. The molecule has 1 aromatic rings. The van der Waals surface area contributed by atoms with Crippen LogP contribution in [0.25, 0.3) is 0 Å². The first-order chi connectivity index (χ1) is 9.53. The molecule has 0 aliphatic carbocycles. The van der Waals surface area contributed by atoms with Crippen molar-refractivity contribution in [3.05, 3.63) is 29.3 Å². The second-order valence-corrected chi connectivity index (χ2v) is 6.40. The minimum absolute atomic E-state index is 0.281. The summed E-state index contributed by atoms with van der Waals surface area (Å²) in [5, 5.41) is 3.82. The summed E-state index contributed by atoms with van der Waals surface area (Å²) in [6.45, 7) is 13.5. The van der Waals surface area contributed by atoms with Gasteiger partial charge in [0.05, 0.1) is 0 Å². The van der Waals surface area contributed by atoms with Gasteiger partial charge in [-0.1, -0.05) is 26.8 Å². The van der Waals surface area contributed by atoms with Crippen molar-refractivity contribution >= 4 is 5.69 Å². The molecule has 2 heteroatoms. The van der Waals surface area contributed by atoms with Crippen molar-refractivity contribution in [3.63, 3.8) is 0 Å². The van der Waals surface area contributed by atoms with E-state index in [1.54, 1.807) is 0 Å². The Morgan fingerprint density at radius 2 is 1.70 bits per heavy atom. The predicted molar refractivity (Wildman–Crippen MR) is 88.7 cm³/mol. The highest BCUT2D eigenvalue weighted by Gasteiger charge is 2.36. The molecular formula is C18H30N2. The van der Waals surface area contributed by atoms with Gasteiger partial charge in [-0.15, -0.1) is 0 Å². The Balaban J connectivity index is 2.33. The van der Waals surface area contributed by atoms with Gasteiger partial charge in [-0.25, -0.2) is 0 Å². The molecule has 20 heavy (non-hydrogen) atoms. The van der Waals surface area contributed by atoms with Crippen LogP contribution in [0, 0.1) is 13.8 Å². The number of rotatable bonds is 4. The molecule has 0 bridgehead atoms. The third kappa shape index (κ3) is 3.01. The topological polar surface area (TPSA) is 15.3 Å². The molecule has 1 heterocycles. The van der Waals surface area contributed by atoms with Gasteiger partial charge in [0.15, 0.2) is 0 Å². The minimum atomic E-state index is 0.281. The average Bonchev–Trinajstić information content (AvgIpc) is 2.45. The van der Waals surface area contributed by atoms with Gasteiger partial charge >= 0.3 is 0 Å². The summed E-state index contributed by atoms with van der Waals surface area (Å²) in [7, 11) is 0. The third-order valence-corrected chi connectivity index (χ3v) is 4.99. The number of piperazine rings is 1. The van der Waals surface area contributed by atoms with Crippen molar-refractivity contribution in [2.45, 2.75) is 65.5 Å². The Kier molecular flexibility index (Phi) is 4.74. The molecule has 1 aliphatic heterocycles. The normalized spacial score (nSPS) is 22.1. The van der Waals surface area contributed by atoms with E-state index in [4.69, 9.17) is 0 Å². The smallest absolute Gasteiger partial charge is 0.0412 e. The zero-order valence-corrected chi connectivity index (χ0v) is 13.8. The maximum atomic E-state index is 3.82. The van der Waals surface area contributed by atoms with E-state index in [2.05, 4.69) is 63.0 Å². The first-order valence-corrected chi connectivity index (χ1v) is 8.13. The molecule has 0 aromatic heterocycles. The van der Waals surface area contributed by atoms with Crippen LogP contribution < -0.4 is 10.2 Å². The molecule has 2 nitrogen and oxygen atoms in total. The van der Waals surface area contributed by atoms with Crippen molar-refractivity contribution in [1.82, 2.24) is 5.32 Å². The van der Waals surface area contributed by atoms with Gasteiger partial charge in [-0.3, -0.25) is 0 Å². The molecule has 2 rings (SSSR count). The van der Waals surface area contributed by atoms with Crippen molar-refractivity contribution in [2.24, 2.45) is 0 Å². The lowest BCUT2D eigenvalue weighted by molar-refractivity contribution is 0.246. The Labute approximate surface area is 124 Å². The van der Waals surface area contributed by atoms with Crippen LogP contribution in [0.2, 0.25) is 0 Å². The molecule has 0 saturated carbocycles. The Bertz CT molecular complexity index is 428. The Hall–Kier alpha value is -1.02. The van der Waals surface area contributed by atoms with E-state index in [1.165, 1.54) is 36.1 Å². The fraction of sp³-hybridized carbons (Fsp3) is 0.667. The van der Waals surface area contributed by atoms with Crippen LogP contribution in [0.1, 0.15) is 51.2 Å². The van der Waals surface area contributed by atoms with E-state index < -0.39 is 0 Å². The number of hydrogen-bond donors (Lipinski definition) is 1. The van der Waals surface area contributed by atoms with E-state index >= 15 is 0 Å². The molecule has 1 fully saturated rings. The molecule has 1 aliphatic rings. The van der Waals surface area contributed by atoms with E-state index in [9.17, 15) is 0 Å². The molecule has 1 atom stereocenters. The number of aryl methyl sites for hydroxylation is 2. The monoisotopic (exact) mass is 274 g/mol. The summed E-state index contributed by atoms with van der Waals surface area (Å²) in [5.74, 6) is 0. The number of nitrogens with one attached hydrogen (secondary N) is 1. The van der Waals surface area contributed by atoms with Gasteiger partial charge in [0, 0.05) is 30.4 Å². The second kappa shape index (κ2) is 6.17. The van der Waals surface area contributed by atoms with E-state index in [0.29, 0.717) is 6.04 Å². The van der Waals surface area contributed by atoms with Gasteiger partial charge < -0.3 is 10.2 Å². The minimum Gasteiger partial charge on any atom is -0.365 e. The van der Waals surface area contributed by atoms with Crippen molar-refractivity contribution in [1.29, 1.82) is 0 Å². The second-order valence-electron chi connectivity index (χ2n) is 6.40. The van der Waals surface area contributed by atoms with Gasteiger partial charge in [0.1, 0.15) is 0 Å². The summed E-state index contributed by atoms with van der Waals surface area (Å²) in [5.41, 5.74) is 4.42. The molecule has 0 amide bonds. The molecule has 1 aromatic carbocycles. The molecule has 0 spiro atoms. The number of nitrogens with zero attached hydrogens (tertiary/aromatic N) is 1. The van der Waals surface area contributed by atoms with Crippen LogP contribution in [0.4, 0.5) is 5.69 Å². The highest BCUT2D eigenvalue weighted by molar-refractivity contribution is 5.53. The summed E-state index contributed by atoms with van der Waals surface area (Å²) in [4.78, 5) is 2.64. The number of benzene rings is 1. The summed E-state index contributed by atoms with van der Waals surface area (Å²) in [6, 6.07) is 7.57. The lowest BCUT2D eigenvalue weighted by Crippen LogP contribution is -2.64. The van der Waals surface area contributed by atoms with E-state index in [1.807, 2.05) is 0 Å². The van der Waals surface area contributed by atoms with Gasteiger partial charge in [-0.05, 0) is 56.4 Å². The van der Waals surface area contributed by atoms with Crippen LogP contribution in [0.5, 0.6) is 0 Å². The summed E-state index contributed by atoms with van der Waals surface area (Å²) in [6.07, 6.45) is 3.59. The number of anilines is 1. The lowest BCUT2D eigenvalue weighted by atomic mass is 9.87. The van der Waals surface area contributed by atoms with Gasteiger partial charge in [-0.2, -0.15) is 0 Å². The first-order valence-electron chi connectivity index (χ1n) is 8.13. The van der Waals surface area contributed by atoms with Gasteiger partial charge in [0.25, 0.3) is 0 Å². The molecule has 1 N–H and O–H groups in total. The highest BCUT2D eigenvalue weighted by atomic mass is 15.3. The molecule has 112 valence electrons. The largest absolute Gasteiger partial charge is 0.365 e. The maximum absolute atomic E-state index is 3.82.